The maximum absolute atomic E-state index is 12.5. The molecule has 1 aromatic rings. The highest BCUT2D eigenvalue weighted by Crippen LogP contribution is 2.29. The Morgan fingerprint density at radius 2 is 1.81 bits per heavy atom. The molecular weight excluding hydrogens is 309 g/mol. The minimum absolute atomic E-state index is 0.138. The van der Waals surface area contributed by atoms with Gasteiger partial charge in [-0.2, -0.15) is 13.2 Å². The molecule has 21 heavy (non-hydrogen) atoms. The lowest BCUT2D eigenvalue weighted by molar-refractivity contribution is -0.138. The summed E-state index contributed by atoms with van der Waals surface area (Å²) in [4.78, 5) is 22.1. The van der Waals surface area contributed by atoms with Gasteiger partial charge in [-0.25, -0.2) is 9.97 Å². The molecule has 1 aliphatic rings. The van der Waals surface area contributed by atoms with Crippen LogP contribution < -0.4 is 4.90 Å². The van der Waals surface area contributed by atoms with E-state index < -0.39 is 17.1 Å². The lowest BCUT2D eigenvalue weighted by Crippen LogP contribution is -2.57. The first kappa shape index (κ1) is 15.8. The van der Waals surface area contributed by atoms with E-state index >= 15 is 0 Å². The molecule has 2 rings (SSSR count). The van der Waals surface area contributed by atoms with Crippen LogP contribution in [0.4, 0.5) is 23.9 Å². The molecule has 0 aromatic carbocycles. The smallest absolute Gasteiger partial charge is 0.334 e. The molecule has 0 radical (unpaired) electrons. The Bertz CT molecular complexity index is 522. The Balaban J connectivity index is 2.17. The largest absolute Gasteiger partial charge is 0.419 e. The van der Waals surface area contributed by atoms with Gasteiger partial charge in [-0.1, -0.05) is 0 Å². The molecule has 0 saturated carbocycles. The Morgan fingerprint density at radius 1 is 1.24 bits per heavy atom. The number of carbonyl (C=O) groups is 1. The quantitative estimate of drug-likeness (QED) is 0.589. The summed E-state index contributed by atoms with van der Waals surface area (Å²) in [6, 6.07) is -0.308. The van der Waals surface area contributed by atoms with Crippen molar-refractivity contribution in [2.24, 2.45) is 0 Å². The minimum atomic E-state index is -4.46. The van der Waals surface area contributed by atoms with Crippen molar-refractivity contribution in [1.29, 1.82) is 0 Å². The zero-order chi connectivity index (χ0) is 15.8. The van der Waals surface area contributed by atoms with Crippen LogP contribution in [-0.4, -0.2) is 45.4 Å². The van der Waals surface area contributed by atoms with Gasteiger partial charge in [-0.05, 0) is 25.4 Å². The number of halogens is 4. The lowest BCUT2D eigenvalue weighted by Gasteiger charge is -2.43. The Labute approximate surface area is 124 Å². The number of anilines is 1. The van der Waals surface area contributed by atoms with Crippen molar-refractivity contribution in [2.75, 3.05) is 18.0 Å². The fourth-order valence-electron chi connectivity index (χ4n) is 2.27. The van der Waals surface area contributed by atoms with Crippen molar-refractivity contribution in [3.8, 4) is 0 Å². The number of nitrogens with zero attached hydrogens (tertiary/aromatic N) is 4. The zero-order valence-corrected chi connectivity index (χ0v) is 12.2. The lowest BCUT2D eigenvalue weighted by atomic mass is 10.1. The summed E-state index contributed by atoms with van der Waals surface area (Å²) in [6.45, 7) is 4.42. The number of piperazine rings is 1. The van der Waals surface area contributed by atoms with Gasteiger partial charge in [-0.3, -0.25) is 4.79 Å². The molecule has 2 heterocycles. The third kappa shape index (κ3) is 3.37. The van der Waals surface area contributed by atoms with E-state index in [2.05, 4.69) is 9.97 Å². The predicted molar refractivity (Wildman–Crippen MR) is 71.3 cm³/mol. The van der Waals surface area contributed by atoms with Crippen LogP contribution >= 0.6 is 11.6 Å². The van der Waals surface area contributed by atoms with Crippen LogP contribution in [-0.2, 0) is 6.18 Å². The molecule has 2 atom stereocenters. The van der Waals surface area contributed by atoms with E-state index in [1.54, 1.807) is 4.90 Å². The van der Waals surface area contributed by atoms with Crippen molar-refractivity contribution in [2.45, 2.75) is 32.1 Å². The molecule has 0 bridgehead atoms. The number of rotatable bonds is 1. The third-order valence-electron chi connectivity index (χ3n) is 3.43. The summed E-state index contributed by atoms with van der Waals surface area (Å²) in [5, 5.41) is -0.540. The first-order valence-electron chi connectivity index (χ1n) is 6.32. The van der Waals surface area contributed by atoms with Gasteiger partial charge < -0.3 is 9.80 Å². The summed E-state index contributed by atoms with van der Waals surface area (Å²) in [5.41, 5.74) is -0.887. The fourth-order valence-corrected chi connectivity index (χ4v) is 2.50. The molecule has 1 aromatic heterocycles. The highest BCUT2D eigenvalue weighted by Gasteiger charge is 2.34. The zero-order valence-electron chi connectivity index (χ0n) is 11.4. The Morgan fingerprint density at radius 3 is 2.29 bits per heavy atom. The van der Waals surface area contributed by atoms with Crippen LogP contribution in [0.5, 0.6) is 0 Å². The minimum Gasteiger partial charge on any atom is -0.334 e. The molecule has 0 N–H and O–H groups in total. The second-order valence-electron chi connectivity index (χ2n) is 5.03. The average molecular weight is 323 g/mol. The van der Waals surface area contributed by atoms with Gasteiger partial charge in [-0.15, -0.1) is 0 Å². The summed E-state index contributed by atoms with van der Waals surface area (Å²) in [7, 11) is 0. The first-order valence-corrected chi connectivity index (χ1v) is 6.70. The predicted octanol–water partition coefficient (Wildman–Crippen LogP) is 2.75. The van der Waals surface area contributed by atoms with Crippen molar-refractivity contribution in [1.82, 2.24) is 14.9 Å². The Hall–Kier alpha value is -1.57. The van der Waals surface area contributed by atoms with E-state index in [0.717, 1.165) is 12.4 Å². The van der Waals surface area contributed by atoms with Crippen LogP contribution in [0.1, 0.15) is 19.4 Å². The number of aromatic nitrogens is 2. The molecule has 9 heteroatoms. The number of hydrogen-bond donors (Lipinski definition) is 0. The van der Waals surface area contributed by atoms with Crippen molar-refractivity contribution in [3.05, 3.63) is 18.0 Å². The summed E-state index contributed by atoms with van der Waals surface area (Å²) in [6.07, 6.45) is -2.93. The molecular formula is C12H14ClF3N4O. The third-order valence-corrected chi connectivity index (χ3v) is 3.65. The summed E-state index contributed by atoms with van der Waals surface area (Å²) in [5.74, 6) is 0.212. The van der Waals surface area contributed by atoms with Crippen molar-refractivity contribution >= 4 is 22.9 Å². The van der Waals surface area contributed by atoms with E-state index in [-0.39, 0.29) is 18.0 Å². The topological polar surface area (TPSA) is 49.3 Å². The van der Waals surface area contributed by atoms with Crippen LogP contribution in [0.2, 0.25) is 0 Å². The maximum Gasteiger partial charge on any atom is 0.419 e. The molecule has 1 fully saturated rings. The normalized spacial score (nSPS) is 23.3. The molecule has 1 saturated heterocycles. The van der Waals surface area contributed by atoms with E-state index in [4.69, 9.17) is 11.6 Å². The van der Waals surface area contributed by atoms with Gasteiger partial charge in [0.2, 0.25) is 5.95 Å². The van der Waals surface area contributed by atoms with Gasteiger partial charge >= 0.3 is 11.5 Å². The van der Waals surface area contributed by atoms with Crippen molar-refractivity contribution in [3.63, 3.8) is 0 Å². The molecule has 0 aliphatic carbocycles. The van der Waals surface area contributed by atoms with Crippen LogP contribution in [0.15, 0.2) is 12.4 Å². The molecule has 0 spiro atoms. The highest BCUT2D eigenvalue weighted by molar-refractivity contribution is 6.62. The van der Waals surface area contributed by atoms with Gasteiger partial charge in [0.05, 0.1) is 5.56 Å². The second-order valence-corrected chi connectivity index (χ2v) is 5.35. The van der Waals surface area contributed by atoms with E-state index in [9.17, 15) is 18.0 Å². The average Bonchev–Trinajstić information content (AvgIpc) is 2.40. The van der Waals surface area contributed by atoms with Crippen molar-refractivity contribution < 1.29 is 18.0 Å². The van der Waals surface area contributed by atoms with Crippen LogP contribution in [0, 0.1) is 0 Å². The Kier molecular flexibility index (Phi) is 4.27. The van der Waals surface area contributed by atoms with Crippen LogP contribution in [0.25, 0.3) is 0 Å². The highest BCUT2D eigenvalue weighted by atomic mass is 35.5. The van der Waals surface area contributed by atoms with E-state index in [1.165, 1.54) is 4.90 Å². The van der Waals surface area contributed by atoms with Gasteiger partial charge in [0.15, 0.2) is 0 Å². The summed E-state index contributed by atoms with van der Waals surface area (Å²) < 4.78 is 37.5. The van der Waals surface area contributed by atoms with Gasteiger partial charge in [0, 0.05) is 37.6 Å². The van der Waals surface area contributed by atoms with Gasteiger partial charge in [0.25, 0.3) is 0 Å². The monoisotopic (exact) mass is 322 g/mol. The fraction of sp³-hybridized carbons (Fsp3) is 0.583. The second kappa shape index (κ2) is 5.67. The van der Waals surface area contributed by atoms with E-state index in [1.807, 2.05) is 13.8 Å². The van der Waals surface area contributed by atoms with Gasteiger partial charge in [0.1, 0.15) is 0 Å². The number of hydrogen-bond acceptors (Lipinski definition) is 4. The first-order chi connectivity index (χ1) is 9.70. The molecule has 116 valence electrons. The standard InChI is InChI=1S/C12H14ClF3N4O/c1-7-6-20(8(2)5-19(7)10(13)21)11-17-3-9(4-18-11)12(14,15)16/h3-4,7-8H,5-6H2,1-2H3/t7-,8-/m1/s1. The molecule has 1 amide bonds. The maximum atomic E-state index is 12.5. The number of amides is 1. The van der Waals surface area contributed by atoms with Crippen LogP contribution in [0.3, 0.4) is 0 Å². The van der Waals surface area contributed by atoms with E-state index in [0.29, 0.717) is 13.1 Å². The number of alkyl halides is 3. The SMILES string of the molecule is C[C@@H]1CN(c2ncc(C(F)(F)F)cn2)[C@H](C)CN1C(=O)Cl. The summed E-state index contributed by atoms with van der Waals surface area (Å²) >= 11 is 5.49. The molecule has 1 aliphatic heterocycles. The molecule has 0 unspecified atom stereocenters. The molecule has 5 nitrogen and oxygen atoms in total. The number of carbonyl (C=O) groups excluding carboxylic acids is 1.